The quantitative estimate of drug-likeness (QED) is 0.260. The highest BCUT2D eigenvalue weighted by molar-refractivity contribution is 5.25. The number of rotatable bonds is 6. The maximum Gasteiger partial charge on any atom is 0.110 e. The SMILES string of the molecule is CC(CO)CCC[C@@H](C)[C@H]1[C@@H](O)[C@H](O)[C@@H]2[C@]1(C)CC[C@@H]1[C@@]3(C)CC[C@H](O)[C@H](O)[C@@H]3[C@@H](O)[C@@H](O)[C@]12O. The Hall–Kier alpha value is -0.320. The van der Waals surface area contributed by atoms with E-state index < -0.39 is 70.8 Å². The molecule has 0 amide bonds. The molecule has 204 valence electrons. The molecule has 0 spiro atoms. The molecule has 0 radical (unpaired) electrons. The van der Waals surface area contributed by atoms with Crippen LogP contribution in [0.25, 0.3) is 0 Å². The Labute approximate surface area is 209 Å². The number of aliphatic hydroxyl groups excluding tert-OH is 7. The van der Waals surface area contributed by atoms with E-state index in [1.807, 2.05) is 20.8 Å². The van der Waals surface area contributed by atoms with Crippen LogP contribution >= 0.6 is 0 Å². The third kappa shape index (κ3) is 3.85. The van der Waals surface area contributed by atoms with Gasteiger partial charge in [-0.2, -0.15) is 0 Å². The maximum absolute atomic E-state index is 12.3. The van der Waals surface area contributed by atoms with E-state index in [0.717, 1.165) is 19.3 Å². The van der Waals surface area contributed by atoms with Gasteiger partial charge < -0.3 is 40.9 Å². The first-order valence-corrected chi connectivity index (χ1v) is 13.7. The predicted octanol–water partition coefficient (Wildman–Crippen LogP) is 0.410. The van der Waals surface area contributed by atoms with Crippen molar-refractivity contribution in [2.45, 2.75) is 115 Å². The summed E-state index contributed by atoms with van der Waals surface area (Å²) in [4.78, 5) is 0. The highest BCUT2D eigenvalue weighted by Crippen LogP contribution is 2.69. The number of hydrogen-bond acceptors (Lipinski definition) is 8. The lowest BCUT2D eigenvalue weighted by atomic mass is 9.40. The van der Waals surface area contributed by atoms with E-state index in [0.29, 0.717) is 25.7 Å². The first kappa shape index (κ1) is 27.7. The third-order valence-corrected chi connectivity index (χ3v) is 11.3. The molecule has 0 aromatic heterocycles. The fourth-order valence-electron chi connectivity index (χ4n) is 9.61. The van der Waals surface area contributed by atoms with Gasteiger partial charge in [-0.05, 0) is 66.6 Å². The molecular formula is C27H48O8. The van der Waals surface area contributed by atoms with Crippen molar-refractivity contribution < 1.29 is 40.9 Å². The van der Waals surface area contributed by atoms with Gasteiger partial charge >= 0.3 is 0 Å². The highest BCUT2D eigenvalue weighted by atomic mass is 16.4. The summed E-state index contributed by atoms with van der Waals surface area (Å²) < 4.78 is 0. The predicted molar refractivity (Wildman–Crippen MR) is 129 cm³/mol. The molecule has 4 rings (SSSR count). The van der Waals surface area contributed by atoms with Gasteiger partial charge in [0.2, 0.25) is 0 Å². The van der Waals surface area contributed by atoms with Crippen molar-refractivity contribution in [3.05, 3.63) is 0 Å². The van der Waals surface area contributed by atoms with Gasteiger partial charge in [-0.15, -0.1) is 0 Å². The second kappa shape index (κ2) is 9.45. The Bertz CT molecular complexity index is 765. The van der Waals surface area contributed by atoms with Gasteiger partial charge in [0.05, 0.1) is 30.5 Å². The van der Waals surface area contributed by atoms with Crippen LogP contribution < -0.4 is 0 Å². The van der Waals surface area contributed by atoms with Gasteiger partial charge in [-0.3, -0.25) is 0 Å². The smallest absolute Gasteiger partial charge is 0.110 e. The van der Waals surface area contributed by atoms with Crippen LogP contribution in [0, 0.1) is 46.3 Å². The fraction of sp³-hybridized carbons (Fsp3) is 1.00. The molecule has 35 heavy (non-hydrogen) atoms. The summed E-state index contributed by atoms with van der Waals surface area (Å²) in [6.45, 7) is 8.11. The molecule has 0 aliphatic heterocycles. The Kier molecular flexibility index (Phi) is 7.48. The largest absolute Gasteiger partial charge is 0.396 e. The van der Waals surface area contributed by atoms with E-state index in [1.54, 1.807) is 0 Å². The van der Waals surface area contributed by atoms with Crippen LogP contribution in [-0.2, 0) is 0 Å². The summed E-state index contributed by atoms with van der Waals surface area (Å²) in [5.74, 6) is -2.15. The number of aliphatic hydroxyl groups is 8. The molecule has 8 N–H and O–H groups in total. The summed E-state index contributed by atoms with van der Waals surface area (Å²) in [5, 5.41) is 88.0. The van der Waals surface area contributed by atoms with E-state index in [9.17, 15) is 40.9 Å². The molecule has 0 aromatic rings. The molecule has 0 saturated heterocycles. The molecule has 0 bridgehead atoms. The minimum absolute atomic E-state index is 0.0568. The maximum atomic E-state index is 12.3. The van der Waals surface area contributed by atoms with Gasteiger partial charge in [0.25, 0.3) is 0 Å². The molecule has 1 unspecified atom stereocenters. The summed E-state index contributed by atoms with van der Waals surface area (Å²) in [6.07, 6.45) is -3.02. The molecular weight excluding hydrogens is 452 g/mol. The summed E-state index contributed by atoms with van der Waals surface area (Å²) >= 11 is 0. The Morgan fingerprint density at radius 3 is 2.06 bits per heavy atom. The van der Waals surface area contributed by atoms with Gasteiger partial charge in [0.1, 0.15) is 11.7 Å². The number of hydrogen-bond donors (Lipinski definition) is 8. The topological polar surface area (TPSA) is 162 Å². The third-order valence-electron chi connectivity index (χ3n) is 11.3. The standard InChI is InChI=1S/C27H48O8/c1-13(12-28)6-5-7-14(2)17-20(31)22(33)23-26(17,4)11-9-16-25(3)10-8-15(29)19(30)18(25)21(32)24(34)27(16,23)35/h13-24,28-35H,5-12H2,1-4H3/t13?,14-,15+,16-,17+,18-,19+,20-,21-,22+,23-,24-,25-,26-,27+/m1/s1. The van der Waals surface area contributed by atoms with E-state index in [1.165, 1.54) is 0 Å². The van der Waals surface area contributed by atoms with Crippen molar-refractivity contribution in [2.24, 2.45) is 46.3 Å². The van der Waals surface area contributed by atoms with Crippen LogP contribution in [0.1, 0.15) is 72.6 Å². The zero-order valence-electron chi connectivity index (χ0n) is 21.7. The highest BCUT2D eigenvalue weighted by Gasteiger charge is 2.76. The first-order chi connectivity index (χ1) is 16.3. The Morgan fingerprint density at radius 1 is 0.800 bits per heavy atom. The second-order valence-corrected chi connectivity index (χ2v) is 13.2. The van der Waals surface area contributed by atoms with E-state index >= 15 is 0 Å². The molecule has 4 aliphatic carbocycles. The normalized spacial score (nSPS) is 55.5. The average molecular weight is 501 g/mol. The van der Waals surface area contributed by atoms with Gasteiger partial charge in [0.15, 0.2) is 0 Å². The molecule has 4 aliphatic rings. The monoisotopic (exact) mass is 500 g/mol. The Morgan fingerprint density at radius 2 is 1.43 bits per heavy atom. The zero-order chi connectivity index (χ0) is 26.1. The lowest BCUT2D eigenvalue weighted by Crippen LogP contribution is -2.76. The van der Waals surface area contributed by atoms with Crippen LogP contribution in [0.4, 0.5) is 0 Å². The van der Waals surface area contributed by atoms with Crippen molar-refractivity contribution >= 4 is 0 Å². The summed E-state index contributed by atoms with van der Waals surface area (Å²) in [5.41, 5.74) is -3.22. The minimum Gasteiger partial charge on any atom is -0.396 e. The zero-order valence-corrected chi connectivity index (χ0v) is 21.7. The molecule has 0 aromatic carbocycles. The lowest BCUT2D eigenvalue weighted by Gasteiger charge is -2.67. The second-order valence-electron chi connectivity index (χ2n) is 13.2. The van der Waals surface area contributed by atoms with Gasteiger partial charge in [0, 0.05) is 18.4 Å². The van der Waals surface area contributed by atoms with Gasteiger partial charge in [-0.25, -0.2) is 0 Å². The van der Waals surface area contributed by atoms with Crippen LogP contribution in [0.2, 0.25) is 0 Å². The van der Waals surface area contributed by atoms with Crippen LogP contribution in [0.5, 0.6) is 0 Å². The fourth-order valence-corrected chi connectivity index (χ4v) is 9.61. The molecule has 0 heterocycles. The molecule has 4 saturated carbocycles. The first-order valence-electron chi connectivity index (χ1n) is 13.7. The number of fused-ring (bicyclic) bond motifs is 5. The van der Waals surface area contributed by atoms with Crippen molar-refractivity contribution in [2.75, 3.05) is 6.61 Å². The van der Waals surface area contributed by atoms with E-state index in [2.05, 4.69) is 6.92 Å². The lowest BCUT2D eigenvalue weighted by molar-refractivity contribution is -0.322. The van der Waals surface area contributed by atoms with E-state index in [4.69, 9.17) is 0 Å². The van der Waals surface area contributed by atoms with Crippen molar-refractivity contribution in [1.29, 1.82) is 0 Å². The summed E-state index contributed by atoms with van der Waals surface area (Å²) in [7, 11) is 0. The average Bonchev–Trinajstić information content (AvgIpc) is 3.00. The van der Waals surface area contributed by atoms with Crippen molar-refractivity contribution in [1.82, 2.24) is 0 Å². The molecule has 4 fully saturated rings. The van der Waals surface area contributed by atoms with Crippen LogP contribution in [0.15, 0.2) is 0 Å². The van der Waals surface area contributed by atoms with Crippen molar-refractivity contribution in [3.8, 4) is 0 Å². The van der Waals surface area contributed by atoms with Crippen molar-refractivity contribution in [3.63, 3.8) is 0 Å². The van der Waals surface area contributed by atoms with Gasteiger partial charge in [-0.1, -0.05) is 40.5 Å². The van der Waals surface area contributed by atoms with Crippen LogP contribution in [-0.4, -0.2) is 89.7 Å². The minimum atomic E-state index is -1.83. The molecule has 15 atom stereocenters. The molecule has 8 heteroatoms. The molecule has 8 nitrogen and oxygen atoms in total. The van der Waals surface area contributed by atoms with Crippen LogP contribution in [0.3, 0.4) is 0 Å². The summed E-state index contributed by atoms with van der Waals surface area (Å²) in [6, 6.07) is 0. The Balaban J connectivity index is 1.67. The van der Waals surface area contributed by atoms with E-state index in [-0.39, 0.29) is 24.4 Å².